The van der Waals surface area contributed by atoms with Gasteiger partial charge in [0.2, 0.25) is 0 Å². The molecule has 136 valence electrons. The fraction of sp³-hybridized carbons (Fsp3) is 0.545. The second kappa shape index (κ2) is 8.51. The Morgan fingerprint density at radius 1 is 1.16 bits per heavy atom. The van der Waals surface area contributed by atoms with E-state index in [1.54, 1.807) is 6.08 Å². The summed E-state index contributed by atoms with van der Waals surface area (Å²) in [5, 5.41) is 0. The van der Waals surface area contributed by atoms with Crippen LogP contribution in [0, 0.1) is 11.8 Å². The zero-order valence-electron chi connectivity index (χ0n) is 15.0. The molecule has 2 atom stereocenters. The van der Waals surface area contributed by atoms with Gasteiger partial charge in [0.05, 0.1) is 0 Å². The molecule has 0 amide bonds. The fourth-order valence-electron chi connectivity index (χ4n) is 4.12. The van der Waals surface area contributed by atoms with Crippen molar-refractivity contribution in [1.29, 1.82) is 0 Å². The first-order valence-electron chi connectivity index (χ1n) is 9.50. The van der Waals surface area contributed by atoms with Gasteiger partial charge in [0, 0.05) is 13.2 Å². The number of hydrogen-bond acceptors (Lipinski definition) is 1. The first-order valence-corrected chi connectivity index (χ1v) is 9.88. The van der Waals surface area contributed by atoms with Gasteiger partial charge in [0.1, 0.15) is 11.0 Å². The maximum Gasteiger partial charge on any atom is 0.142 e. The first-order chi connectivity index (χ1) is 12.1. The number of rotatable bonds is 6. The Bertz CT molecular complexity index is 604. The van der Waals surface area contributed by atoms with Crippen LogP contribution in [0.25, 0.3) is 5.57 Å². The molecule has 0 spiro atoms. The van der Waals surface area contributed by atoms with Gasteiger partial charge in [0.25, 0.3) is 0 Å². The summed E-state index contributed by atoms with van der Waals surface area (Å²) in [5.41, 5.74) is 1.97. The molecule has 1 fully saturated rings. The Kier molecular flexibility index (Phi) is 6.35. The van der Waals surface area contributed by atoms with E-state index < -0.39 is 11.0 Å². The normalized spacial score (nSPS) is 32.4. The monoisotopic (exact) mass is 362 g/mol. The molecule has 0 N–H and O–H groups in total. The molecule has 0 bridgehead atoms. The molecule has 1 saturated carbocycles. The molecule has 0 heterocycles. The third-order valence-electron chi connectivity index (χ3n) is 5.72. The highest BCUT2D eigenvalue weighted by molar-refractivity contribution is 6.26. The van der Waals surface area contributed by atoms with Gasteiger partial charge in [-0.25, -0.2) is 4.39 Å². The smallest absolute Gasteiger partial charge is 0.142 e. The summed E-state index contributed by atoms with van der Waals surface area (Å²) in [6.45, 7) is 3.65. The van der Waals surface area contributed by atoms with E-state index in [0.717, 1.165) is 56.5 Å². The zero-order chi connectivity index (χ0) is 17.7. The first kappa shape index (κ1) is 18.7. The fourth-order valence-corrected chi connectivity index (χ4v) is 4.47. The van der Waals surface area contributed by atoms with E-state index in [2.05, 4.69) is 0 Å². The van der Waals surface area contributed by atoms with Crippen molar-refractivity contribution in [3.8, 4) is 0 Å². The van der Waals surface area contributed by atoms with Crippen LogP contribution in [0.15, 0.2) is 48.6 Å². The van der Waals surface area contributed by atoms with Crippen molar-refractivity contribution in [1.82, 2.24) is 0 Å². The minimum absolute atomic E-state index is 0.206. The SMILES string of the molecule is CCOCC[C@H]1CC[C@H](C2(Cl)C=CC(c3ccccc3)=CC2F)CC1. The largest absolute Gasteiger partial charge is 0.382 e. The maximum atomic E-state index is 15.0. The van der Waals surface area contributed by atoms with Crippen LogP contribution < -0.4 is 0 Å². The zero-order valence-corrected chi connectivity index (χ0v) is 15.7. The van der Waals surface area contributed by atoms with E-state index in [4.69, 9.17) is 16.3 Å². The maximum absolute atomic E-state index is 15.0. The second-order valence-electron chi connectivity index (χ2n) is 7.25. The molecule has 2 aliphatic carbocycles. The van der Waals surface area contributed by atoms with Gasteiger partial charge < -0.3 is 4.74 Å². The van der Waals surface area contributed by atoms with Crippen molar-refractivity contribution in [2.24, 2.45) is 11.8 Å². The molecular weight excluding hydrogens is 335 g/mol. The van der Waals surface area contributed by atoms with Gasteiger partial charge in [-0.2, -0.15) is 0 Å². The van der Waals surface area contributed by atoms with Crippen LogP contribution >= 0.6 is 11.6 Å². The van der Waals surface area contributed by atoms with Crippen LogP contribution in [0.2, 0.25) is 0 Å². The van der Waals surface area contributed by atoms with Crippen LogP contribution in [-0.2, 0) is 4.74 Å². The molecular formula is C22H28ClFO. The number of hydrogen-bond donors (Lipinski definition) is 0. The highest BCUT2D eigenvalue weighted by atomic mass is 35.5. The number of benzene rings is 1. The molecule has 2 unspecified atom stereocenters. The van der Waals surface area contributed by atoms with E-state index in [9.17, 15) is 0 Å². The topological polar surface area (TPSA) is 9.23 Å². The minimum atomic E-state index is -1.14. The van der Waals surface area contributed by atoms with Gasteiger partial charge >= 0.3 is 0 Å². The van der Waals surface area contributed by atoms with Crippen LogP contribution in [0.5, 0.6) is 0 Å². The lowest BCUT2D eigenvalue weighted by molar-refractivity contribution is 0.114. The quantitative estimate of drug-likeness (QED) is 0.433. The highest BCUT2D eigenvalue weighted by Crippen LogP contribution is 2.46. The Hall–Kier alpha value is -1.12. The standard InChI is InChI=1S/C22H28ClFO/c1-2-25-15-13-17-8-10-20(11-9-17)22(23)14-12-19(16-21(22)24)18-6-4-3-5-7-18/h3-7,12,14,16-17,20-21H,2,8-11,13,15H2,1H3/t17-,20-,21?,22?. The Balaban J connectivity index is 1.60. The lowest BCUT2D eigenvalue weighted by Crippen LogP contribution is -2.42. The molecule has 2 aliphatic rings. The van der Waals surface area contributed by atoms with Gasteiger partial charge in [-0.1, -0.05) is 55.3 Å². The summed E-state index contributed by atoms with van der Waals surface area (Å²) in [7, 11) is 0. The Morgan fingerprint density at radius 2 is 1.88 bits per heavy atom. The summed E-state index contributed by atoms with van der Waals surface area (Å²) in [4.78, 5) is -0.886. The van der Waals surface area contributed by atoms with E-state index in [1.807, 2.05) is 49.4 Å². The molecule has 1 aromatic rings. The van der Waals surface area contributed by atoms with Crippen molar-refractivity contribution in [3.63, 3.8) is 0 Å². The lowest BCUT2D eigenvalue weighted by Gasteiger charge is -2.40. The third kappa shape index (κ3) is 4.35. The Labute approximate surface area is 155 Å². The Morgan fingerprint density at radius 3 is 2.52 bits per heavy atom. The molecule has 3 rings (SSSR count). The van der Waals surface area contributed by atoms with Crippen LogP contribution in [-0.4, -0.2) is 24.3 Å². The molecule has 1 aromatic carbocycles. The highest BCUT2D eigenvalue weighted by Gasteiger charge is 2.44. The summed E-state index contributed by atoms with van der Waals surface area (Å²) in [6, 6.07) is 9.94. The molecule has 0 aliphatic heterocycles. The van der Waals surface area contributed by atoms with E-state index in [-0.39, 0.29) is 5.92 Å². The average Bonchev–Trinajstić information content (AvgIpc) is 2.65. The van der Waals surface area contributed by atoms with E-state index >= 15 is 4.39 Å². The van der Waals surface area contributed by atoms with Crippen LogP contribution in [0.3, 0.4) is 0 Å². The summed E-state index contributed by atoms with van der Waals surface area (Å²) >= 11 is 6.80. The summed E-state index contributed by atoms with van der Waals surface area (Å²) in [6.07, 6.45) is 9.83. The number of halogens is 2. The van der Waals surface area contributed by atoms with Crippen molar-refractivity contribution < 1.29 is 9.13 Å². The van der Waals surface area contributed by atoms with Crippen molar-refractivity contribution in [2.75, 3.05) is 13.2 Å². The molecule has 1 nitrogen and oxygen atoms in total. The summed E-state index contributed by atoms with van der Waals surface area (Å²) < 4.78 is 20.5. The predicted molar refractivity (Wildman–Crippen MR) is 104 cm³/mol. The van der Waals surface area contributed by atoms with Crippen molar-refractivity contribution in [3.05, 3.63) is 54.1 Å². The second-order valence-corrected chi connectivity index (χ2v) is 7.91. The van der Waals surface area contributed by atoms with Gasteiger partial charge in [0.15, 0.2) is 0 Å². The molecule has 0 radical (unpaired) electrons. The number of alkyl halides is 2. The van der Waals surface area contributed by atoms with Crippen LogP contribution in [0.1, 0.15) is 44.6 Å². The minimum Gasteiger partial charge on any atom is -0.382 e. The predicted octanol–water partition coefficient (Wildman–Crippen LogP) is 6.19. The van der Waals surface area contributed by atoms with Gasteiger partial charge in [-0.3, -0.25) is 0 Å². The third-order valence-corrected chi connectivity index (χ3v) is 6.36. The average molecular weight is 363 g/mol. The number of ether oxygens (including phenoxy) is 1. The van der Waals surface area contributed by atoms with Crippen molar-refractivity contribution in [2.45, 2.75) is 50.1 Å². The van der Waals surface area contributed by atoms with Gasteiger partial charge in [-0.15, -0.1) is 11.6 Å². The van der Waals surface area contributed by atoms with E-state index in [1.165, 1.54) is 0 Å². The number of allylic oxidation sites excluding steroid dienone is 4. The van der Waals surface area contributed by atoms with E-state index in [0.29, 0.717) is 5.92 Å². The molecule has 0 aromatic heterocycles. The van der Waals surface area contributed by atoms with Crippen molar-refractivity contribution >= 4 is 17.2 Å². The molecule has 0 saturated heterocycles. The van der Waals surface area contributed by atoms with Crippen LogP contribution in [0.4, 0.5) is 4.39 Å². The molecule has 25 heavy (non-hydrogen) atoms. The van der Waals surface area contributed by atoms with Gasteiger partial charge in [-0.05, 0) is 55.2 Å². The summed E-state index contributed by atoms with van der Waals surface area (Å²) in [5.74, 6) is 0.904. The molecule has 3 heteroatoms. The lowest BCUT2D eigenvalue weighted by atomic mass is 9.71.